The molecule has 4 heteroatoms. The first-order chi connectivity index (χ1) is 10.5. The van der Waals surface area contributed by atoms with Gasteiger partial charge in [0, 0.05) is 11.4 Å². The Balaban J connectivity index is 1.72. The van der Waals surface area contributed by atoms with Crippen LogP contribution in [-0.4, -0.2) is 18.2 Å². The molecule has 0 aliphatic heterocycles. The molecule has 0 heterocycles. The molecule has 2 rings (SSSR count). The Morgan fingerprint density at radius 1 is 1.14 bits per heavy atom. The van der Waals surface area contributed by atoms with Gasteiger partial charge in [0.25, 0.3) is 0 Å². The smallest absolute Gasteiger partial charge is 0.230 e. The van der Waals surface area contributed by atoms with E-state index in [0.29, 0.717) is 18.7 Å². The first kappa shape index (κ1) is 16.6. The molecule has 1 N–H and O–H groups in total. The first-order valence-corrected chi connectivity index (χ1v) is 8.24. The largest absolute Gasteiger partial charge is 0.355 e. The fourth-order valence-corrected chi connectivity index (χ4v) is 2.99. The Hall–Kier alpha value is -1.81. The maximum Gasteiger partial charge on any atom is 0.230 e. The van der Waals surface area contributed by atoms with Crippen LogP contribution in [0.15, 0.2) is 47.4 Å². The summed E-state index contributed by atoms with van der Waals surface area (Å²) in [6, 6.07) is 12.6. The molecule has 0 aliphatic rings. The van der Waals surface area contributed by atoms with E-state index in [1.54, 1.807) is 23.9 Å². The number of carbonyl (C=O) groups is 1. The number of aryl methyl sites for hydroxylation is 2. The van der Waals surface area contributed by atoms with Crippen molar-refractivity contribution in [2.24, 2.45) is 0 Å². The third-order valence-electron chi connectivity index (χ3n) is 3.34. The van der Waals surface area contributed by atoms with Gasteiger partial charge in [-0.25, -0.2) is 4.39 Å². The third-order valence-corrected chi connectivity index (χ3v) is 4.51. The van der Waals surface area contributed by atoms with Crippen LogP contribution in [0.4, 0.5) is 4.39 Å². The van der Waals surface area contributed by atoms with E-state index in [2.05, 4.69) is 37.4 Å². The summed E-state index contributed by atoms with van der Waals surface area (Å²) in [5, 5.41) is 2.89. The van der Waals surface area contributed by atoms with E-state index in [0.717, 1.165) is 10.5 Å². The van der Waals surface area contributed by atoms with E-state index in [-0.39, 0.29) is 11.7 Å². The van der Waals surface area contributed by atoms with Gasteiger partial charge in [-0.15, -0.1) is 11.8 Å². The van der Waals surface area contributed by atoms with Gasteiger partial charge in [0.2, 0.25) is 5.91 Å². The second kappa shape index (κ2) is 7.99. The van der Waals surface area contributed by atoms with Crippen molar-refractivity contribution >= 4 is 17.7 Å². The molecule has 2 nitrogen and oxygen atoms in total. The summed E-state index contributed by atoms with van der Waals surface area (Å²) >= 11 is 1.55. The molecule has 1 amide bonds. The van der Waals surface area contributed by atoms with Gasteiger partial charge in [-0.2, -0.15) is 0 Å². The zero-order valence-electron chi connectivity index (χ0n) is 12.9. The molecular formula is C18H20FNOS. The second-order valence-electron chi connectivity index (χ2n) is 5.28. The minimum absolute atomic E-state index is 0.0205. The van der Waals surface area contributed by atoms with Gasteiger partial charge in [0.05, 0.1) is 5.75 Å². The lowest BCUT2D eigenvalue weighted by molar-refractivity contribution is -0.118. The summed E-state index contributed by atoms with van der Waals surface area (Å²) in [5.74, 6) is 0.192. The van der Waals surface area contributed by atoms with Crippen molar-refractivity contribution in [1.29, 1.82) is 0 Å². The average molecular weight is 317 g/mol. The van der Waals surface area contributed by atoms with Crippen molar-refractivity contribution < 1.29 is 9.18 Å². The lowest BCUT2D eigenvalue weighted by Crippen LogP contribution is -2.27. The number of hydrogen-bond acceptors (Lipinski definition) is 2. The van der Waals surface area contributed by atoms with E-state index in [9.17, 15) is 9.18 Å². The number of benzene rings is 2. The minimum Gasteiger partial charge on any atom is -0.355 e. The fraction of sp³-hybridized carbons (Fsp3) is 0.278. The monoisotopic (exact) mass is 317 g/mol. The number of thioether (sulfide) groups is 1. The van der Waals surface area contributed by atoms with Crippen molar-refractivity contribution in [2.75, 3.05) is 12.3 Å². The van der Waals surface area contributed by atoms with Crippen LogP contribution in [0.1, 0.15) is 16.7 Å². The highest BCUT2D eigenvalue weighted by molar-refractivity contribution is 8.00. The highest BCUT2D eigenvalue weighted by Crippen LogP contribution is 2.22. The van der Waals surface area contributed by atoms with E-state index < -0.39 is 0 Å². The van der Waals surface area contributed by atoms with Gasteiger partial charge in [-0.3, -0.25) is 4.79 Å². The molecule has 22 heavy (non-hydrogen) atoms. The molecule has 0 bridgehead atoms. The van der Waals surface area contributed by atoms with Crippen LogP contribution in [0.5, 0.6) is 0 Å². The van der Waals surface area contributed by atoms with Gasteiger partial charge in [0.1, 0.15) is 5.82 Å². The first-order valence-electron chi connectivity index (χ1n) is 7.26. The maximum absolute atomic E-state index is 12.8. The maximum atomic E-state index is 12.8. The molecule has 0 unspecified atom stereocenters. The topological polar surface area (TPSA) is 29.1 Å². The Morgan fingerprint density at radius 2 is 1.86 bits per heavy atom. The number of halogens is 1. The van der Waals surface area contributed by atoms with Crippen LogP contribution in [-0.2, 0) is 11.2 Å². The van der Waals surface area contributed by atoms with Crippen molar-refractivity contribution in [2.45, 2.75) is 25.2 Å². The van der Waals surface area contributed by atoms with Crippen LogP contribution in [0, 0.1) is 19.7 Å². The Labute approximate surface area is 135 Å². The molecule has 116 valence electrons. The van der Waals surface area contributed by atoms with Crippen LogP contribution in [0.2, 0.25) is 0 Å². The predicted molar refractivity (Wildman–Crippen MR) is 89.8 cm³/mol. The van der Waals surface area contributed by atoms with E-state index >= 15 is 0 Å². The molecule has 0 saturated carbocycles. The number of amides is 1. The summed E-state index contributed by atoms with van der Waals surface area (Å²) in [7, 11) is 0. The number of hydrogen-bond donors (Lipinski definition) is 1. The van der Waals surface area contributed by atoms with E-state index in [4.69, 9.17) is 0 Å². The molecule has 0 fully saturated rings. The second-order valence-corrected chi connectivity index (χ2v) is 6.30. The molecule has 2 aromatic carbocycles. The normalized spacial score (nSPS) is 10.5. The standard InChI is InChI=1S/C18H20FNOS/c1-13-3-8-17(14(2)11-13)22-12-18(21)20-10-9-15-4-6-16(19)7-5-15/h3-8,11H,9-10,12H2,1-2H3,(H,20,21). The van der Waals surface area contributed by atoms with Gasteiger partial charge in [0.15, 0.2) is 0 Å². The lowest BCUT2D eigenvalue weighted by atomic mass is 10.1. The van der Waals surface area contributed by atoms with Gasteiger partial charge in [-0.05, 0) is 49.6 Å². The molecule has 2 aromatic rings. The zero-order valence-corrected chi connectivity index (χ0v) is 13.7. The quantitative estimate of drug-likeness (QED) is 0.819. The zero-order chi connectivity index (χ0) is 15.9. The molecule has 0 aromatic heterocycles. The number of nitrogens with one attached hydrogen (secondary N) is 1. The van der Waals surface area contributed by atoms with Gasteiger partial charge >= 0.3 is 0 Å². The fourth-order valence-electron chi connectivity index (χ4n) is 2.15. The van der Waals surface area contributed by atoms with Crippen LogP contribution < -0.4 is 5.32 Å². The summed E-state index contributed by atoms with van der Waals surface area (Å²) in [5.41, 5.74) is 3.44. The summed E-state index contributed by atoms with van der Waals surface area (Å²) in [6.45, 7) is 4.68. The van der Waals surface area contributed by atoms with Crippen LogP contribution in [0.25, 0.3) is 0 Å². The molecular weight excluding hydrogens is 297 g/mol. The highest BCUT2D eigenvalue weighted by atomic mass is 32.2. The Bertz CT molecular complexity index is 640. The highest BCUT2D eigenvalue weighted by Gasteiger charge is 2.05. The van der Waals surface area contributed by atoms with Crippen LogP contribution >= 0.6 is 11.8 Å². The summed E-state index contributed by atoms with van der Waals surface area (Å²) < 4.78 is 12.8. The molecule has 0 saturated heterocycles. The van der Waals surface area contributed by atoms with Gasteiger partial charge < -0.3 is 5.32 Å². The molecule has 0 spiro atoms. The molecule has 0 radical (unpaired) electrons. The lowest BCUT2D eigenvalue weighted by Gasteiger charge is -2.08. The Morgan fingerprint density at radius 3 is 2.55 bits per heavy atom. The molecule has 0 atom stereocenters. The van der Waals surface area contributed by atoms with Gasteiger partial charge in [-0.1, -0.05) is 29.8 Å². The minimum atomic E-state index is -0.238. The third kappa shape index (κ3) is 5.19. The van der Waals surface area contributed by atoms with Crippen LogP contribution in [0.3, 0.4) is 0 Å². The van der Waals surface area contributed by atoms with Crippen molar-refractivity contribution in [1.82, 2.24) is 5.32 Å². The summed E-state index contributed by atoms with van der Waals surface area (Å²) in [6.07, 6.45) is 0.709. The average Bonchev–Trinajstić information content (AvgIpc) is 2.48. The van der Waals surface area contributed by atoms with Crippen molar-refractivity contribution in [3.8, 4) is 0 Å². The number of rotatable bonds is 6. The van der Waals surface area contributed by atoms with Crippen molar-refractivity contribution in [3.05, 3.63) is 65.0 Å². The summed E-state index contributed by atoms with van der Waals surface area (Å²) in [4.78, 5) is 13.0. The molecule has 0 aliphatic carbocycles. The van der Waals surface area contributed by atoms with E-state index in [1.165, 1.54) is 23.3 Å². The Kier molecular flexibility index (Phi) is 6.01. The van der Waals surface area contributed by atoms with Crippen molar-refractivity contribution in [3.63, 3.8) is 0 Å². The SMILES string of the molecule is Cc1ccc(SCC(=O)NCCc2ccc(F)cc2)c(C)c1. The van der Waals surface area contributed by atoms with E-state index in [1.807, 2.05) is 0 Å². The number of carbonyl (C=O) groups excluding carboxylic acids is 1. The predicted octanol–water partition coefficient (Wildman–Crippen LogP) is 3.89.